The van der Waals surface area contributed by atoms with E-state index in [4.69, 9.17) is 10.8 Å². The first kappa shape index (κ1) is 23.1. The van der Waals surface area contributed by atoms with Crippen molar-refractivity contribution < 1.29 is 29.4 Å². The lowest BCUT2D eigenvalue weighted by Crippen LogP contribution is -2.55. The second-order valence-corrected chi connectivity index (χ2v) is 5.88. The number of aliphatic hydroxyl groups excluding tert-OH is 1. The van der Waals surface area contributed by atoms with Gasteiger partial charge in [0, 0.05) is 5.75 Å². The van der Waals surface area contributed by atoms with Crippen LogP contribution in [-0.2, 0) is 19.2 Å². The quantitative estimate of drug-likeness (QED) is 0.194. The average Bonchev–Trinajstić information content (AvgIpc) is 2.59. The SMILES string of the molecule is CCC(C)C(N)C(=O)NCC(=O)NC(CO)C(=O)NC(CS)C(=O)O. The van der Waals surface area contributed by atoms with E-state index in [1.54, 1.807) is 6.92 Å². The third-order valence-electron chi connectivity index (χ3n) is 3.61. The van der Waals surface area contributed by atoms with Gasteiger partial charge in [-0.3, -0.25) is 14.4 Å². The zero-order valence-electron chi connectivity index (χ0n) is 14.2. The molecule has 0 rings (SSSR count). The third kappa shape index (κ3) is 8.18. The van der Waals surface area contributed by atoms with E-state index in [-0.39, 0.29) is 11.7 Å². The molecule has 10 nitrogen and oxygen atoms in total. The van der Waals surface area contributed by atoms with Gasteiger partial charge in [-0.1, -0.05) is 20.3 Å². The first-order chi connectivity index (χ1) is 11.7. The summed E-state index contributed by atoms with van der Waals surface area (Å²) in [6.45, 7) is 2.51. The molecule has 0 saturated carbocycles. The second-order valence-electron chi connectivity index (χ2n) is 5.51. The minimum absolute atomic E-state index is 0.0618. The average molecular weight is 378 g/mol. The first-order valence-electron chi connectivity index (χ1n) is 7.75. The Balaban J connectivity index is 4.52. The molecule has 3 amide bonds. The number of nitrogens with one attached hydrogen (secondary N) is 3. The number of hydrogen-bond acceptors (Lipinski definition) is 7. The summed E-state index contributed by atoms with van der Waals surface area (Å²) in [7, 11) is 0. The summed E-state index contributed by atoms with van der Waals surface area (Å²) in [5, 5.41) is 24.7. The molecule has 4 unspecified atom stereocenters. The Morgan fingerprint density at radius 2 is 1.72 bits per heavy atom. The number of amides is 3. The topological polar surface area (TPSA) is 171 Å². The van der Waals surface area contributed by atoms with Crippen molar-refractivity contribution in [2.75, 3.05) is 18.9 Å². The summed E-state index contributed by atoms with van der Waals surface area (Å²) in [5.41, 5.74) is 5.72. The molecule has 0 aromatic carbocycles. The van der Waals surface area contributed by atoms with E-state index < -0.39 is 55.0 Å². The zero-order chi connectivity index (χ0) is 19.6. The van der Waals surface area contributed by atoms with E-state index in [1.807, 2.05) is 6.92 Å². The smallest absolute Gasteiger partial charge is 0.327 e. The lowest BCUT2D eigenvalue weighted by molar-refractivity contribution is -0.141. The number of aliphatic carboxylic acids is 1. The zero-order valence-corrected chi connectivity index (χ0v) is 15.1. The molecule has 0 heterocycles. The van der Waals surface area contributed by atoms with Crippen molar-refractivity contribution in [3.63, 3.8) is 0 Å². The molecule has 0 aliphatic carbocycles. The monoisotopic (exact) mass is 378 g/mol. The van der Waals surface area contributed by atoms with E-state index in [9.17, 15) is 24.3 Å². The van der Waals surface area contributed by atoms with E-state index >= 15 is 0 Å². The van der Waals surface area contributed by atoms with Crippen LogP contribution in [0.2, 0.25) is 0 Å². The van der Waals surface area contributed by atoms with E-state index in [0.717, 1.165) is 0 Å². The van der Waals surface area contributed by atoms with Crippen LogP contribution in [0, 0.1) is 5.92 Å². The Bertz CT molecular complexity index is 490. The Kier molecular flexibility index (Phi) is 10.8. The highest BCUT2D eigenvalue weighted by molar-refractivity contribution is 7.80. The number of carbonyl (C=O) groups is 4. The van der Waals surface area contributed by atoms with Gasteiger partial charge in [-0.05, 0) is 5.92 Å². The normalized spacial score (nSPS) is 15.4. The van der Waals surface area contributed by atoms with Crippen molar-refractivity contribution in [1.29, 1.82) is 0 Å². The van der Waals surface area contributed by atoms with Crippen LogP contribution in [0.25, 0.3) is 0 Å². The predicted molar refractivity (Wildman–Crippen MR) is 92.9 cm³/mol. The fourth-order valence-corrected chi connectivity index (χ4v) is 1.94. The Morgan fingerprint density at radius 3 is 2.16 bits per heavy atom. The van der Waals surface area contributed by atoms with Crippen LogP contribution in [-0.4, -0.2) is 70.9 Å². The van der Waals surface area contributed by atoms with Crippen molar-refractivity contribution in [2.45, 2.75) is 38.4 Å². The molecule has 0 bridgehead atoms. The van der Waals surface area contributed by atoms with E-state index in [0.29, 0.717) is 6.42 Å². The summed E-state index contributed by atoms with van der Waals surface area (Å²) in [6, 6.07) is -3.37. The molecular weight excluding hydrogens is 352 g/mol. The van der Waals surface area contributed by atoms with Gasteiger partial charge in [-0.25, -0.2) is 4.79 Å². The summed E-state index contributed by atoms with van der Waals surface area (Å²) >= 11 is 3.79. The maximum atomic E-state index is 11.9. The summed E-state index contributed by atoms with van der Waals surface area (Å²) < 4.78 is 0. The van der Waals surface area contributed by atoms with Gasteiger partial charge in [0.15, 0.2) is 0 Å². The van der Waals surface area contributed by atoms with Gasteiger partial charge in [0.2, 0.25) is 17.7 Å². The molecular formula is C14H26N4O6S. The molecule has 11 heteroatoms. The standard InChI is InChI=1S/C14H26N4O6S/c1-3-7(2)11(15)13(22)16-4-10(20)17-8(5-19)12(21)18-9(6-25)14(23)24/h7-9,11,19,25H,3-6,15H2,1-2H3,(H,16,22)(H,17,20)(H,18,21)(H,23,24). The number of rotatable bonds is 11. The molecule has 0 saturated heterocycles. The van der Waals surface area contributed by atoms with Crippen LogP contribution < -0.4 is 21.7 Å². The molecule has 144 valence electrons. The molecule has 0 radical (unpaired) electrons. The lowest BCUT2D eigenvalue weighted by Gasteiger charge is -2.20. The van der Waals surface area contributed by atoms with Crippen molar-refractivity contribution >= 4 is 36.3 Å². The van der Waals surface area contributed by atoms with Crippen LogP contribution in [0.5, 0.6) is 0 Å². The minimum Gasteiger partial charge on any atom is -0.480 e. The highest BCUT2D eigenvalue weighted by Gasteiger charge is 2.26. The number of hydrogen-bond donors (Lipinski definition) is 7. The molecule has 0 aliphatic heterocycles. The molecule has 4 atom stereocenters. The Labute approximate surface area is 151 Å². The number of aliphatic hydroxyl groups is 1. The maximum Gasteiger partial charge on any atom is 0.327 e. The fourth-order valence-electron chi connectivity index (χ4n) is 1.69. The second kappa shape index (κ2) is 11.7. The van der Waals surface area contributed by atoms with Gasteiger partial charge in [-0.15, -0.1) is 0 Å². The molecule has 7 N–H and O–H groups in total. The molecule has 0 aromatic heterocycles. The number of carboxylic acid groups (broad SMARTS) is 1. The van der Waals surface area contributed by atoms with Crippen LogP contribution >= 0.6 is 12.6 Å². The first-order valence-corrected chi connectivity index (χ1v) is 8.38. The van der Waals surface area contributed by atoms with Gasteiger partial charge in [0.05, 0.1) is 19.2 Å². The van der Waals surface area contributed by atoms with Gasteiger partial charge < -0.3 is 31.9 Å². The van der Waals surface area contributed by atoms with E-state index in [1.165, 1.54) is 0 Å². The van der Waals surface area contributed by atoms with Crippen LogP contribution in [0.4, 0.5) is 0 Å². The summed E-state index contributed by atoms with van der Waals surface area (Å²) in [5.74, 6) is -3.62. The highest BCUT2D eigenvalue weighted by Crippen LogP contribution is 2.04. The summed E-state index contributed by atoms with van der Waals surface area (Å²) in [4.78, 5) is 46.3. The lowest BCUT2D eigenvalue weighted by atomic mass is 9.99. The Hall–Kier alpha value is -1.85. The fraction of sp³-hybridized carbons (Fsp3) is 0.714. The van der Waals surface area contributed by atoms with Gasteiger partial charge in [0.1, 0.15) is 12.1 Å². The number of carbonyl (C=O) groups excluding carboxylic acids is 3. The van der Waals surface area contributed by atoms with Crippen molar-refractivity contribution in [1.82, 2.24) is 16.0 Å². The predicted octanol–water partition coefficient (Wildman–Crippen LogP) is -2.55. The van der Waals surface area contributed by atoms with Crippen LogP contribution in [0.15, 0.2) is 0 Å². The summed E-state index contributed by atoms with van der Waals surface area (Å²) in [6.07, 6.45) is 0.698. The number of carboxylic acids is 1. The van der Waals surface area contributed by atoms with Crippen molar-refractivity contribution in [3.05, 3.63) is 0 Å². The van der Waals surface area contributed by atoms with Gasteiger partial charge in [-0.2, -0.15) is 12.6 Å². The van der Waals surface area contributed by atoms with Crippen LogP contribution in [0.1, 0.15) is 20.3 Å². The highest BCUT2D eigenvalue weighted by atomic mass is 32.1. The number of nitrogens with two attached hydrogens (primary N) is 1. The number of thiol groups is 1. The van der Waals surface area contributed by atoms with Gasteiger partial charge >= 0.3 is 5.97 Å². The van der Waals surface area contributed by atoms with Crippen molar-refractivity contribution in [3.8, 4) is 0 Å². The molecule has 0 aromatic rings. The van der Waals surface area contributed by atoms with E-state index in [2.05, 4.69) is 28.6 Å². The molecule has 0 spiro atoms. The Morgan fingerprint density at radius 1 is 1.12 bits per heavy atom. The van der Waals surface area contributed by atoms with Crippen LogP contribution in [0.3, 0.4) is 0 Å². The van der Waals surface area contributed by atoms with Gasteiger partial charge in [0.25, 0.3) is 0 Å². The third-order valence-corrected chi connectivity index (χ3v) is 3.98. The molecule has 0 fully saturated rings. The maximum absolute atomic E-state index is 11.9. The molecule has 25 heavy (non-hydrogen) atoms. The largest absolute Gasteiger partial charge is 0.480 e. The minimum atomic E-state index is -1.35. The van der Waals surface area contributed by atoms with Crippen molar-refractivity contribution in [2.24, 2.45) is 11.7 Å². The molecule has 0 aliphatic rings.